The molecule has 1 atom stereocenters. The fraction of sp³-hybridized carbons (Fsp3) is 0.478. The number of nitrogens with zero attached hydrogens (tertiary/aromatic N) is 5. The van der Waals surface area contributed by atoms with Crippen molar-refractivity contribution in [1.82, 2.24) is 25.3 Å². The second-order valence-corrected chi connectivity index (χ2v) is 8.32. The number of rotatable bonds is 7. The van der Waals surface area contributed by atoms with Crippen LogP contribution < -0.4 is 15.5 Å². The number of nitrogens with one attached hydrogen (secondary N) is 2. The van der Waals surface area contributed by atoms with Gasteiger partial charge in [0.15, 0.2) is 5.96 Å². The lowest BCUT2D eigenvalue weighted by Crippen LogP contribution is -2.51. The lowest BCUT2D eigenvalue weighted by atomic mass is 10.1. The maximum atomic E-state index is 12.4. The first-order valence-corrected chi connectivity index (χ1v) is 11.2. The molecule has 0 spiro atoms. The van der Waals surface area contributed by atoms with Gasteiger partial charge in [-0.2, -0.15) is 5.10 Å². The number of unbranched alkanes of at least 4 members (excludes halogenated alkanes) is 1. The van der Waals surface area contributed by atoms with E-state index in [4.69, 9.17) is 0 Å². The third kappa shape index (κ3) is 4.76. The average molecular weight is 438 g/mol. The summed E-state index contributed by atoms with van der Waals surface area (Å²) in [6.07, 6.45) is 7.74. The molecular formula is C23H31N7O2. The quantitative estimate of drug-likeness (QED) is 0.296. The van der Waals surface area contributed by atoms with Gasteiger partial charge in [-0.05, 0) is 37.8 Å². The first-order valence-electron chi connectivity index (χ1n) is 11.2. The number of hydrogen-bond donors (Lipinski definition) is 2. The molecule has 1 aromatic heterocycles. The zero-order chi connectivity index (χ0) is 22.5. The topological polar surface area (TPSA) is 94.9 Å². The number of aliphatic imine (C=N–C) groups is 1. The minimum atomic E-state index is -0.188. The van der Waals surface area contributed by atoms with Gasteiger partial charge in [0.2, 0.25) is 0 Å². The molecule has 1 fully saturated rings. The van der Waals surface area contributed by atoms with E-state index in [2.05, 4.69) is 25.6 Å². The summed E-state index contributed by atoms with van der Waals surface area (Å²) in [5.41, 5.74) is 2.16. The van der Waals surface area contributed by atoms with Crippen LogP contribution >= 0.6 is 0 Å². The molecule has 0 radical (unpaired) electrons. The number of aryl methyl sites for hydroxylation is 1. The predicted octanol–water partition coefficient (Wildman–Crippen LogP) is 1.63. The molecule has 4 rings (SSSR count). The Labute approximate surface area is 188 Å². The highest BCUT2D eigenvalue weighted by atomic mass is 16.2. The number of amides is 2. The first-order chi connectivity index (χ1) is 15.6. The lowest BCUT2D eigenvalue weighted by Gasteiger charge is -2.34. The molecule has 0 aliphatic carbocycles. The Morgan fingerprint density at radius 1 is 1.19 bits per heavy atom. The maximum Gasteiger partial charge on any atom is 0.261 e. The number of hydrogen-bond acceptors (Lipinski definition) is 5. The molecule has 2 amide bonds. The van der Waals surface area contributed by atoms with Gasteiger partial charge < -0.3 is 15.5 Å². The first kappa shape index (κ1) is 21.9. The Hall–Kier alpha value is -3.36. The van der Waals surface area contributed by atoms with Crippen LogP contribution in [0.2, 0.25) is 0 Å². The minimum absolute atomic E-state index is 0.188. The van der Waals surface area contributed by atoms with Crippen molar-refractivity contribution in [2.45, 2.75) is 31.7 Å². The SMILES string of the molecule is CN=C(NCCCCN1C(=O)c2ccccc2C1=O)NC1CCCN(c2cnn(C)c2)C1. The number of imide groups is 1. The number of guanidine groups is 1. The number of benzene rings is 1. The molecule has 170 valence electrons. The molecule has 9 heteroatoms. The van der Waals surface area contributed by atoms with Gasteiger partial charge in [-0.25, -0.2) is 0 Å². The van der Waals surface area contributed by atoms with Crippen LogP contribution in [-0.4, -0.2) is 71.7 Å². The van der Waals surface area contributed by atoms with Crippen LogP contribution in [0, 0.1) is 0 Å². The van der Waals surface area contributed by atoms with Gasteiger partial charge >= 0.3 is 0 Å². The molecule has 1 unspecified atom stereocenters. The van der Waals surface area contributed by atoms with Crippen LogP contribution in [0.5, 0.6) is 0 Å². The number of carbonyl (C=O) groups excluding carboxylic acids is 2. The van der Waals surface area contributed by atoms with Crippen molar-refractivity contribution in [2.24, 2.45) is 12.0 Å². The average Bonchev–Trinajstić information content (AvgIpc) is 3.35. The molecule has 0 bridgehead atoms. The molecule has 2 N–H and O–H groups in total. The van der Waals surface area contributed by atoms with Crippen molar-refractivity contribution in [2.75, 3.05) is 38.1 Å². The van der Waals surface area contributed by atoms with E-state index in [1.807, 2.05) is 24.1 Å². The third-order valence-electron chi connectivity index (χ3n) is 6.02. The highest BCUT2D eigenvalue weighted by Gasteiger charge is 2.34. The number of fused-ring (bicyclic) bond motifs is 1. The van der Waals surface area contributed by atoms with Crippen LogP contribution in [0.4, 0.5) is 5.69 Å². The number of aromatic nitrogens is 2. The second-order valence-electron chi connectivity index (χ2n) is 8.32. The fourth-order valence-corrected chi connectivity index (χ4v) is 4.33. The Morgan fingerprint density at radius 2 is 1.94 bits per heavy atom. The van der Waals surface area contributed by atoms with Crippen LogP contribution in [0.1, 0.15) is 46.4 Å². The van der Waals surface area contributed by atoms with Crippen molar-refractivity contribution in [3.63, 3.8) is 0 Å². The van der Waals surface area contributed by atoms with Crippen molar-refractivity contribution < 1.29 is 9.59 Å². The van der Waals surface area contributed by atoms with Crippen molar-refractivity contribution >= 4 is 23.5 Å². The van der Waals surface area contributed by atoms with E-state index in [0.717, 1.165) is 57.0 Å². The lowest BCUT2D eigenvalue weighted by molar-refractivity contribution is 0.0652. The number of carbonyl (C=O) groups is 2. The largest absolute Gasteiger partial charge is 0.367 e. The van der Waals surface area contributed by atoms with E-state index < -0.39 is 0 Å². The maximum absolute atomic E-state index is 12.4. The second kappa shape index (κ2) is 9.84. The summed E-state index contributed by atoms with van der Waals surface area (Å²) in [4.78, 5) is 32.9. The monoisotopic (exact) mass is 437 g/mol. The van der Waals surface area contributed by atoms with E-state index >= 15 is 0 Å². The summed E-state index contributed by atoms with van der Waals surface area (Å²) in [5, 5.41) is 11.2. The van der Waals surface area contributed by atoms with Gasteiger partial charge in [0.05, 0.1) is 23.0 Å². The van der Waals surface area contributed by atoms with Crippen LogP contribution in [0.3, 0.4) is 0 Å². The molecule has 2 aliphatic heterocycles. The summed E-state index contributed by atoms with van der Waals surface area (Å²) in [5.74, 6) is 0.404. The molecule has 2 aliphatic rings. The van der Waals surface area contributed by atoms with Crippen molar-refractivity contribution in [3.8, 4) is 0 Å². The zero-order valence-corrected chi connectivity index (χ0v) is 18.8. The number of anilines is 1. The normalized spacial score (nSPS) is 18.8. The highest BCUT2D eigenvalue weighted by molar-refractivity contribution is 6.21. The summed E-state index contributed by atoms with van der Waals surface area (Å²) in [6.45, 7) is 3.10. The minimum Gasteiger partial charge on any atom is -0.367 e. The Bertz CT molecular complexity index is 965. The molecule has 1 saturated heterocycles. The van der Waals surface area contributed by atoms with Crippen molar-refractivity contribution in [3.05, 3.63) is 47.8 Å². The van der Waals surface area contributed by atoms with Crippen LogP contribution in [-0.2, 0) is 7.05 Å². The van der Waals surface area contributed by atoms with E-state index in [0.29, 0.717) is 23.7 Å². The molecule has 2 aromatic rings. The summed E-state index contributed by atoms with van der Waals surface area (Å²) in [7, 11) is 3.71. The van der Waals surface area contributed by atoms with E-state index in [-0.39, 0.29) is 11.8 Å². The van der Waals surface area contributed by atoms with E-state index in [1.165, 1.54) is 4.90 Å². The van der Waals surface area contributed by atoms with Gasteiger partial charge in [-0.3, -0.25) is 24.2 Å². The summed E-state index contributed by atoms with van der Waals surface area (Å²) < 4.78 is 1.83. The summed E-state index contributed by atoms with van der Waals surface area (Å²) in [6, 6.07) is 7.32. The smallest absolute Gasteiger partial charge is 0.261 e. The van der Waals surface area contributed by atoms with Gasteiger partial charge in [0.25, 0.3) is 11.8 Å². The molecule has 32 heavy (non-hydrogen) atoms. The third-order valence-corrected chi connectivity index (χ3v) is 6.02. The molecule has 0 saturated carbocycles. The highest BCUT2D eigenvalue weighted by Crippen LogP contribution is 2.22. The Morgan fingerprint density at radius 3 is 2.59 bits per heavy atom. The fourth-order valence-electron chi connectivity index (χ4n) is 4.33. The molecular weight excluding hydrogens is 406 g/mol. The number of piperidine rings is 1. The van der Waals surface area contributed by atoms with Gasteiger partial charge in [-0.1, -0.05) is 12.1 Å². The summed E-state index contributed by atoms with van der Waals surface area (Å²) >= 11 is 0. The van der Waals surface area contributed by atoms with Gasteiger partial charge in [0.1, 0.15) is 0 Å². The zero-order valence-electron chi connectivity index (χ0n) is 18.8. The standard InChI is InChI=1S/C23H31N7O2/c1-24-23(27-17-8-7-12-29(15-17)18-14-26-28(2)16-18)25-11-5-6-13-30-21(31)19-9-3-4-10-20(19)22(30)32/h3-4,9-10,14,16-17H,5-8,11-13,15H2,1-2H3,(H2,24,25,27). The van der Waals surface area contributed by atoms with E-state index in [1.54, 1.807) is 31.3 Å². The van der Waals surface area contributed by atoms with Crippen LogP contribution in [0.15, 0.2) is 41.7 Å². The molecule has 3 heterocycles. The molecule has 9 nitrogen and oxygen atoms in total. The molecule has 1 aromatic carbocycles. The van der Waals surface area contributed by atoms with Gasteiger partial charge in [-0.15, -0.1) is 0 Å². The Kier molecular flexibility index (Phi) is 6.72. The predicted molar refractivity (Wildman–Crippen MR) is 124 cm³/mol. The Balaban J connectivity index is 1.19. The van der Waals surface area contributed by atoms with Gasteiger partial charge in [0, 0.05) is 52.5 Å². The van der Waals surface area contributed by atoms with Crippen LogP contribution in [0.25, 0.3) is 0 Å². The van der Waals surface area contributed by atoms with E-state index in [9.17, 15) is 9.59 Å². The van der Waals surface area contributed by atoms with Crippen molar-refractivity contribution in [1.29, 1.82) is 0 Å².